The van der Waals surface area contributed by atoms with Gasteiger partial charge in [0.05, 0.1) is 23.1 Å². The molecule has 164 valence electrons. The second kappa shape index (κ2) is 8.39. The Morgan fingerprint density at radius 1 is 1.13 bits per heavy atom. The summed E-state index contributed by atoms with van der Waals surface area (Å²) in [4.78, 5) is 17.8. The van der Waals surface area contributed by atoms with Crippen LogP contribution >= 0.6 is 0 Å². The minimum absolute atomic E-state index is 0.115. The quantitative estimate of drug-likeness (QED) is 0.650. The molecule has 1 aromatic carbocycles. The fraction of sp³-hybridized carbons (Fsp3) is 0.409. The number of nitrogens with zero attached hydrogens (tertiary/aromatic N) is 4. The summed E-state index contributed by atoms with van der Waals surface area (Å²) in [5, 5.41) is 7.91. The summed E-state index contributed by atoms with van der Waals surface area (Å²) in [6, 6.07) is 8.45. The van der Waals surface area contributed by atoms with Crippen molar-refractivity contribution in [3.63, 3.8) is 0 Å². The molecule has 1 aliphatic rings. The zero-order valence-electron chi connectivity index (χ0n) is 18.0. The molecule has 1 saturated heterocycles. The highest BCUT2D eigenvalue weighted by atomic mass is 32.2. The lowest BCUT2D eigenvalue weighted by molar-refractivity contribution is 0.102. The number of sulfonamides is 1. The van der Waals surface area contributed by atoms with Crippen molar-refractivity contribution in [3.8, 4) is 0 Å². The maximum atomic E-state index is 13.2. The van der Waals surface area contributed by atoms with E-state index in [1.54, 1.807) is 43.5 Å². The number of carbonyl (C=O) groups is 1. The molecular formula is C22H27N5O3S. The van der Waals surface area contributed by atoms with E-state index < -0.39 is 15.9 Å². The Morgan fingerprint density at radius 2 is 1.84 bits per heavy atom. The van der Waals surface area contributed by atoms with Gasteiger partial charge in [-0.05, 0) is 51.8 Å². The van der Waals surface area contributed by atoms with Gasteiger partial charge in [-0.15, -0.1) is 0 Å². The molecule has 0 spiro atoms. The van der Waals surface area contributed by atoms with E-state index in [-0.39, 0.29) is 16.6 Å². The minimum Gasteiger partial charge on any atom is -0.321 e. The van der Waals surface area contributed by atoms with Crippen LogP contribution in [0.2, 0.25) is 0 Å². The Balaban J connectivity index is 1.66. The second-order valence-electron chi connectivity index (χ2n) is 8.13. The number of fused-ring (bicyclic) bond motifs is 1. The summed E-state index contributed by atoms with van der Waals surface area (Å²) in [6.45, 7) is 6.81. The number of para-hydroxylation sites is 1. The highest BCUT2D eigenvalue weighted by Gasteiger charge is 2.29. The molecule has 8 nitrogen and oxygen atoms in total. The van der Waals surface area contributed by atoms with Crippen molar-refractivity contribution in [2.24, 2.45) is 0 Å². The van der Waals surface area contributed by atoms with Crippen LogP contribution in [-0.4, -0.2) is 46.5 Å². The molecule has 0 unspecified atom stereocenters. The predicted octanol–water partition coefficient (Wildman–Crippen LogP) is 3.75. The van der Waals surface area contributed by atoms with Crippen LogP contribution in [0.15, 0.2) is 41.4 Å². The molecule has 3 aromatic rings. The zero-order valence-corrected chi connectivity index (χ0v) is 18.8. The van der Waals surface area contributed by atoms with Gasteiger partial charge >= 0.3 is 0 Å². The number of piperidine rings is 1. The lowest BCUT2D eigenvalue weighted by atomic mass is 10.1. The van der Waals surface area contributed by atoms with E-state index in [0.29, 0.717) is 24.3 Å². The molecule has 4 rings (SSSR count). The van der Waals surface area contributed by atoms with E-state index in [4.69, 9.17) is 0 Å². The maximum Gasteiger partial charge on any atom is 0.257 e. The Kier molecular flexibility index (Phi) is 5.81. The summed E-state index contributed by atoms with van der Waals surface area (Å²) >= 11 is 0. The van der Waals surface area contributed by atoms with E-state index in [9.17, 15) is 13.2 Å². The zero-order chi connectivity index (χ0) is 22.2. The first kappa shape index (κ1) is 21.5. The van der Waals surface area contributed by atoms with Crippen LogP contribution in [0, 0.1) is 6.92 Å². The number of aryl methyl sites for hydroxylation is 1. The molecule has 31 heavy (non-hydrogen) atoms. The molecule has 2 aromatic heterocycles. The average molecular weight is 442 g/mol. The molecule has 1 N–H and O–H groups in total. The topological polar surface area (TPSA) is 97.2 Å². The number of carbonyl (C=O) groups excluding carboxylic acids is 1. The number of pyridine rings is 1. The van der Waals surface area contributed by atoms with Crippen LogP contribution in [0.1, 0.15) is 55.2 Å². The molecule has 0 bridgehead atoms. The van der Waals surface area contributed by atoms with Crippen molar-refractivity contribution in [2.75, 3.05) is 18.4 Å². The Labute approximate surface area is 182 Å². The third-order valence-corrected chi connectivity index (χ3v) is 7.52. The van der Waals surface area contributed by atoms with E-state index in [1.165, 1.54) is 4.31 Å². The summed E-state index contributed by atoms with van der Waals surface area (Å²) in [7, 11) is -3.68. The standard InChI is InChI=1S/C22H27N5O3S/c1-15(2)27-21-17(14-23-27)13-18(16(3)24-21)22(28)25-19-9-5-6-10-20(19)31(29,30)26-11-7-4-8-12-26/h5-6,9-10,13-15H,4,7-8,11-12H2,1-3H3,(H,25,28). The number of benzene rings is 1. The third-order valence-electron chi connectivity index (χ3n) is 5.56. The van der Waals surface area contributed by atoms with Crippen molar-refractivity contribution in [1.29, 1.82) is 0 Å². The van der Waals surface area contributed by atoms with E-state index in [0.717, 1.165) is 30.3 Å². The first-order valence-corrected chi connectivity index (χ1v) is 12.0. The van der Waals surface area contributed by atoms with Gasteiger partial charge in [0, 0.05) is 24.5 Å². The van der Waals surface area contributed by atoms with Gasteiger partial charge in [-0.25, -0.2) is 18.1 Å². The monoisotopic (exact) mass is 441 g/mol. The van der Waals surface area contributed by atoms with Crippen LogP contribution in [-0.2, 0) is 10.0 Å². The van der Waals surface area contributed by atoms with Gasteiger partial charge in [-0.2, -0.15) is 9.40 Å². The summed E-state index contributed by atoms with van der Waals surface area (Å²) in [5.74, 6) is -0.398. The van der Waals surface area contributed by atoms with Crippen LogP contribution in [0.25, 0.3) is 11.0 Å². The molecule has 0 saturated carbocycles. The van der Waals surface area contributed by atoms with Gasteiger partial charge < -0.3 is 5.32 Å². The normalized spacial score (nSPS) is 15.5. The molecule has 1 aliphatic heterocycles. The van der Waals surface area contributed by atoms with Gasteiger partial charge in [0.2, 0.25) is 10.0 Å². The Morgan fingerprint density at radius 3 is 2.55 bits per heavy atom. The van der Waals surface area contributed by atoms with Gasteiger partial charge in [-0.3, -0.25) is 4.79 Å². The second-order valence-corrected chi connectivity index (χ2v) is 10.0. The van der Waals surface area contributed by atoms with Gasteiger partial charge in [0.25, 0.3) is 5.91 Å². The first-order valence-electron chi connectivity index (χ1n) is 10.5. The number of anilines is 1. The van der Waals surface area contributed by atoms with Gasteiger partial charge in [-0.1, -0.05) is 18.6 Å². The fourth-order valence-corrected chi connectivity index (χ4v) is 5.57. The molecule has 1 fully saturated rings. The third kappa shape index (κ3) is 4.07. The number of nitrogens with one attached hydrogen (secondary N) is 1. The predicted molar refractivity (Wildman–Crippen MR) is 120 cm³/mol. The van der Waals surface area contributed by atoms with Crippen molar-refractivity contribution >= 4 is 32.7 Å². The highest BCUT2D eigenvalue weighted by Crippen LogP contribution is 2.28. The van der Waals surface area contributed by atoms with E-state index in [2.05, 4.69) is 15.4 Å². The number of hydrogen-bond donors (Lipinski definition) is 1. The largest absolute Gasteiger partial charge is 0.321 e. The SMILES string of the molecule is Cc1nc2c(cnn2C(C)C)cc1C(=O)Nc1ccccc1S(=O)(=O)N1CCCCC1. The Bertz CT molecular complexity index is 1230. The van der Waals surface area contributed by atoms with Crippen LogP contribution in [0.3, 0.4) is 0 Å². The summed E-state index contributed by atoms with van der Waals surface area (Å²) < 4.78 is 29.7. The smallest absolute Gasteiger partial charge is 0.257 e. The molecule has 3 heterocycles. The molecule has 1 amide bonds. The number of rotatable bonds is 5. The van der Waals surface area contributed by atoms with Crippen molar-refractivity contribution < 1.29 is 13.2 Å². The molecule has 0 aliphatic carbocycles. The van der Waals surface area contributed by atoms with Gasteiger partial charge in [0.1, 0.15) is 4.90 Å². The highest BCUT2D eigenvalue weighted by molar-refractivity contribution is 7.89. The lowest BCUT2D eigenvalue weighted by Crippen LogP contribution is -2.36. The van der Waals surface area contributed by atoms with Crippen LogP contribution in [0.4, 0.5) is 5.69 Å². The van der Waals surface area contributed by atoms with Crippen LogP contribution < -0.4 is 5.32 Å². The average Bonchev–Trinajstić information content (AvgIpc) is 3.17. The number of aromatic nitrogens is 3. The molecule has 0 radical (unpaired) electrons. The summed E-state index contributed by atoms with van der Waals surface area (Å²) in [6.07, 6.45) is 4.42. The molecule has 0 atom stereocenters. The van der Waals surface area contributed by atoms with Crippen molar-refractivity contribution in [1.82, 2.24) is 19.1 Å². The maximum absolute atomic E-state index is 13.2. The summed E-state index contributed by atoms with van der Waals surface area (Å²) in [5.41, 5.74) is 1.94. The first-order chi connectivity index (χ1) is 14.8. The van der Waals surface area contributed by atoms with E-state index in [1.807, 2.05) is 18.5 Å². The van der Waals surface area contributed by atoms with E-state index >= 15 is 0 Å². The van der Waals surface area contributed by atoms with Crippen molar-refractivity contribution in [2.45, 2.75) is 51.0 Å². The minimum atomic E-state index is -3.68. The fourth-order valence-electron chi connectivity index (χ4n) is 3.90. The van der Waals surface area contributed by atoms with Crippen molar-refractivity contribution in [3.05, 3.63) is 47.8 Å². The lowest BCUT2D eigenvalue weighted by Gasteiger charge is -2.26. The van der Waals surface area contributed by atoms with Gasteiger partial charge in [0.15, 0.2) is 5.65 Å². The molecule has 9 heteroatoms. The number of hydrogen-bond acceptors (Lipinski definition) is 5. The number of amides is 1. The Hall–Kier alpha value is -2.78. The van der Waals surface area contributed by atoms with Crippen LogP contribution in [0.5, 0.6) is 0 Å². The molecular weight excluding hydrogens is 414 g/mol.